The maximum atomic E-state index is 12.3. The Morgan fingerprint density at radius 1 is 1.43 bits per heavy atom. The number of amides is 1. The Balaban J connectivity index is 1.87. The van der Waals surface area contributed by atoms with E-state index in [0.29, 0.717) is 25.3 Å². The molecule has 1 aromatic heterocycles. The quantitative estimate of drug-likeness (QED) is 0.916. The van der Waals surface area contributed by atoms with Gasteiger partial charge < -0.3 is 19.2 Å². The van der Waals surface area contributed by atoms with E-state index in [1.165, 1.54) is 6.26 Å². The maximum Gasteiger partial charge on any atom is 0.309 e. The molecule has 1 N–H and O–H groups in total. The van der Waals surface area contributed by atoms with Gasteiger partial charge in [-0.2, -0.15) is 0 Å². The highest BCUT2D eigenvalue weighted by Crippen LogP contribution is 2.37. The molecule has 6 heteroatoms. The lowest BCUT2D eigenvalue weighted by Crippen LogP contribution is -2.48. The molecule has 2 fully saturated rings. The zero-order chi connectivity index (χ0) is 14.8. The molecule has 6 nitrogen and oxygen atoms in total. The van der Waals surface area contributed by atoms with Gasteiger partial charge in [0.2, 0.25) is 5.91 Å². The molecule has 114 valence electrons. The molecule has 0 saturated carbocycles. The van der Waals surface area contributed by atoms with Gasteiger partial charge in [0.15, 0.2) is 0 Å². The SMILES string of the molecule is O=C(O)C1CCC(=O)N(CC2CCCO2)C1c1ccco1. The number of hydrogen-bond donors (Lipinski definition) is 1. The number of rotatable bonds is 4. The molecule has 3 atom stereocenters. The van der Waals surface area contributed by atoms with E-state index >= 15 is 0 Å². The Morgan fingerprint density at radius 3 is 2.90 bits per heavy atom. The van der Waals surface area contributed by atoms with Crippen LogP contribution in [0.1, 0.15) is 37.5 Å². The van der Waals surface area contributed by atoms with E-state index < -0.39 is 17.9 Å². The number of likely N-dealkylation sites (tertiary alicyclic amines) is 1. The molecule has 2 saturated heterocycles. The third kappa shape index (κ3) is 2.81. The number of carbonyl (C=O) groups excluding carboxylic acids is 1. The topological polar surface area (TPSA) is 80.0 Å². The normalized spacial score (nSPS) is 29.8. The van der Waals surface area contributed by atoms with Crippen molar-refractivity contribution < 1.29 is 23.8 Å². The van der Waals surface area contributed by atoms with E-state index in [1.54, 1.807) is 17.0 Å². The third-order valence-electron chi connectivity index (χ3n) is 4.28. The molecular weight excluding hydrogens is 274 g/mol. The van der Waals surface area contributed by atoms with Crippen LogP contribution in [0.2, 0.25) is 0 Å². The number of carboxylic acid groups (broad SMARTS) is 1. The zero-order valence-corrected chi connectivity index (χ0v) is 11.7. The molecule has 1 amide bonds. The molecule has 3 unspecified atom stereocenters. The Bertz CT molecular complexity index is 506. The predicted molar refractivity (Wildman–Crippen MR) is 72.5 cm³/mol. The molecular formula is C15H19NO5. The Kier molecular flexibility index (Phi) is 3.96. The smallest absolute Gasteiger partial charge is 0.309 e. The first-order chi connectivity index (χ1) is 10.2. The fourth-order valence-corrected chi connectivity index (χ4v) is 3.25. The summed E-state index contributed by atoms with van der Waals surface area (Å²) in [7, 11) is 0. The molecule has 0 spiro atoms. The van der Waals surface area contributed by atoms with Gasteiger partial charge in [-0.15, -0.1) is 0 Å². The number of nitrogens with zero attached hydrogens (tertiary/aromatic N) is 1. The molecule has 0 bridgehead atoms. The average molecular weight is 293 g/mol. The third-order valence-corrected chi connectivity index (χ3v) is 4.28. The number of aliphatic carboxylic acids is 1. The van der Waals surface area contributed by atoms with Gasteiger partial charge in [0.05, 0.1) is 18.3 Å². The van der Waals surface area contributed by atoms with Crippen molar-refractivity contribution in [1.29, 1.82) is 0 Å². The summed E-state index contributed by atoms with van der Waals surface area (Å²) in [5, 5.41) is 9.46. The standard InChI is InChI=1S/C15H19NO5/c17-13-6-5-11(15(18)19)14(12-4-2-8-21-12)16(13)9-10-3-1-7-20-10/h2,4,8,10-11,14H,1,3,5-7,9H2,(H,18,19). The van der Waals surface area contributed by atoms with E-state index in [9.17, 15) is 14.7 Å². The molecule has 3 rings (SSSR count). The van der Waals surface area contributed by atoms with E-state index in [1.807, 2.05) is 0 Å². The van der Waals surface area contributed by atoms with Gasteiger partial charge in [-0.05, 0) is 31.4 Å². The number of furan rings is 1. The Hall–Kier alpha value is -1.82. The van der Waals surface area contributed by atoms with Crippen LogP contribution in [0.5, 0.6) is 0 Å². The monoisotopic (exact) mass is 293 g/mol. The van der Waals surface area contributed by atoms with Crippen LogP contribution in [0.15, 0.2) is 22.8 Å². The average Bonchev–Trinajstić information content (AvgIpc) is 3.13. The fourth-order valence-electron chi connectivity index (χ4n) is 3.25. The van der Waals surface area contributed by atoms with Gasteiger partial charge in [-0.25, -0.2) is 0 Å². The predicted octanol–water partition coefficient (Wildman–Crippen LogP) is 1.82. The van der Waals surface area contributed by atoms with Crippen LogP contribution in [-0.4, -0.2) is 41.1 Å². The van der Waals surface area contributed by atoms with Gasteiger partial charge in [-0.1, -0.05) is 0 Å². The van der Waals surface area contributed by atoms with Gasteiger partial charge in [0.1, 0.15) is 11.8 Å². The minimum atomic E-state index is -0.888. The minimum absolute atomic E-state index is 0.000966. The van der Waals surface area contributed by atoms with Crippen molar-refractivity contribution >= 4 is 11.9 Å². The summed E-state index contributed by atoms with van der Waals surface area (Å²) in [5.74, 6) is -1.01. The van der Waals surface area contributed by atoms with Crippen molar-refractivity contribution in [3.63, 3.8) is 0 Å². The van der Waals surface area contributed by atoms with E-state index in [2.05, 4.69) is 0 Å². The second-order valence-corrected chi connectivity index (χ2v) is 5.62. The largest absolute Gasteiger partial charge is 0.481 e. The van der Waals surface area contributed by atoms with Crippen LogP contribution in [0.25, 0.3) is 0 Å². The molecule has 2 aliphatic heterocycles. The van der Waals surface area contributed by atoms with E-state index in [4.69, 9.17) is 9.15 Å². The zero-order valence-electron chi connectivity index (χ0n) is 11.7. The summed E-state index contributed by atoms with van der Waals surface area (Å²) in [6, 6.07) is 2.92. The first-order valence-electron chi connectivity index (χ1n) is 7.34. The highest BCUT2D eigenvalue weighted by Gasteiger charge is 2.43. The maximum absolute atomic E-state index is 12.3. The number of carbonyl (C=O) groups is 2. The number of hydrogen-bond acceptors (Lipinski definition) is 4. The van der Waals surface area contributed by atoms with Crippen LogP contribution >= 0.6 is 0 Å². The molecule has 0 aliphatic carbocycles. The summed E-state index contributed by atoms with van der Waals surface area (Å²) < 4.78 is 11.0. The fraction of sp³-hybridized carbons (Fsp3) is 0.600. The highest BCUT2D eigenvalue weighted by atomic mass is 16.5. The second kappa shape index (κ2) is 5.89. The number of carboxylic acids is 1. The molecule has 21 heavy (non-hydrogen) atoms. The van der Waals surface area contributed by atoms with Crippen LogP contribution in [0.4, 0.5) is 0 Å². The minimum Gasteiger partial charge on any atom is -0.481 e. The molecule has 3 heterocycles. The first-order valence-corrected chi connectivity index (χ1v) is 7.34. The van der Waals surface area contributed by atoms with Crippen molar-refractivity contribution in [1.82, 2.24) is 4.90 Å². The van der Waals surface area contributed by atoms with E-state index in [0.717, 1.165) is 12.8 Å². The first kappa shape index (κ1) is 14.1. The lowest BCUT2D eigenvalue weighted by atomic mass is 9.87. The van der Waals surface area contributed by atoms with Crippen molar-refractivity contribution in [3.8, 4) is 0 Å². The lowest BCUT2D eigenvalue weighted by Gasteiger charge is -2.39. The summed E-state index contributed by atoms with van der Waals surface area (Å²) in [6.07, 6.45) is 4.02. The van der Waals surface area contributed by atoms with Gasteiger partial charge in [0, 0.05) is 19.6 Å². The Labute approximate surface area is 122 Å². The van der Waals surface area contributed by atoms with Crippen molar-refractivity contribution in [2.45, 2.75) is 37.8 Å². The number of piperidine rings is 1. The highest BCUT2D eigenvalue weighted by molar-refractivity contribution is 5.81. The van der Waals surface area contributed by atoms with E-state index in [-0.39, 0.29) is 18.4 Å². The van der Waals surface area contributed by atoms with Crippen molar-refractivity contribution in [2.24, 2.45) is 5.92 Å². The molecule has 1 aromatic rings. The van der Waals surface area contributed by atoms with Crippen molar-refractivity contribution in [2.75, 3.05) is 13.2 Å². The molecule has 2 aliphatic rings. The van der Waals surface area contributed by atoms with Crippen LogP contribution in [0.3, 0.4) is 0 Å². The van der Waals surface area contributed by atoms with Crippen LogP contribution in [0, 0.1) is 5.92 Å². The summed E-state index contributed by atoms with van der Waals surface area (Å²) >= 11 is 0. The van der Waals surface area contributed by atoms with Gasteiger partial charge in [-0.3, -0.25) is 9.59 Å². The lowest BCUT2D eigenvalue weighted by molar-refractivity contribution is -0.154. The summed E-state index contributed by atoms with van der Waals surface area (Å²) in [4.78, 5) is 25.5. The van der Waals surface area contributed by atoms with Crippen LogP contribution < -0.4 is 0 Å². The summed E-state index contributed by atoms with van der Waals surface area (Å²) in [5.41, 5.74) is 0. The number of ether oxygens (including phenoxy) is 1. The van der Waals surface area contributed by atoms with Crippen LogP contribution in [-0.2, 0) is 14.3 Å². The Morgan fingerprint density at radius 2 is 2.29 bits per heavy atom. The van der Waals surface area contributed by atoms with Crippen molar-refractivity contribution in [3.05, 3.63) is 24.2 Å². The molecule has 0 radical (unpaired) electrons. The van der Waals surface area contributed by atoms with Gasteiger partial charge >= 0.3 is 5.97 Å². The molecule has 0 aromatic carbocycles. The summed E-state index contributed by atoms with van der Waals surface area (Å²) in [6.45, 7) is 1.15. The van der Waals surface area contributed by atoms with Gasteiger partial charge in [0.25, 0.3) is 0 Å². The second-order valence-electron chi connectivity index (χ2n) is 5.62.